The van der Waals surface area contributed by atoms with Gasteiger partial charge in [-0.05, 0) is 24.1 Å². The van der Waals surface area contributed by atoms with Gasteiger partial charge in [-0.3, -0.25) is 9.78 Å². The van der Waals surface area contributed by atoms with Crippen molar-refractivity contribution in [2.75, 3.05) is 17.7 Å². The number of nitrogens with one attached hydrogen (secondary N) is 4. The zero-order chi connectivity index (χ0) is 17.0. The van der Waals surface area contributed by atoms with Crippen LogP contribution in [0.3, 0.4) is 0 Å². The summed E-state index contributed by atoms with van der Waals surface area (Å²) in [5, 5.41) is 14.7. The quantitative estimate of drug-likeness (QED) is 0.597. The number of aromatic nitrogens is 2. The van der Waals surface area contributed by atoms with Gasteiger partial charge in [-0.2, -0.15) is 0 Å². The first-order chi connectivity index (χ1) is 11.0. The van der Waals surface area contributed by atoms with Crippen molar-refractivity contribution in [3.8, 4) is 0 Å². The second kappa shape index (κ2) is 7.48. The predicted octanol–water partition coefficient (Wildman–Crippen LogP) is 3.51. The summed E-state index contributed by atoms with van der Waals surface area (Å²) in [7, 11) is 1.63. The van der Waals surface area contributed by atoms with Crippen molar-refractivity contribution in [3.63, 3.8) is 0 Å². The Balaban J connectivity index is 2.26. The van der Waals surface area contributed by atoms with E-state index in [9.17, 15) is 4.79 Å². The maximum atomic E-state index is 12.1. The molecule has 0 atom stereocenters. The van der Waals surface area contributed by atoms with Crippen LogP contribution in [0.2, 0.25) is 10.0 Å². The average Bonchev–Trinajstić information content (AvgIpc) is 2.54. The maximum absolute atomic E-state index is 12.1. The summed E-state index contributed by atoms with van der Waals surface area (Å²) >= 11 is 11.9. The molecule has 8 heteroatoms. The summed E-state index contributed by atoms with van der Waals surface area (Å²) in [6.07, 6.45) is 0.483. The van der Waals surface area contributed by atoms with Gasteiger partial charge < -0.3 is 16.0 Å². The lowest BCUT2D eigenvalue weighted by Crippen LogP contribution is -2.21. The third-order valence-corrected chi connectivity index (χ3v) is 3.99. The number of H-pyrrole nitrogens is 1. The molecule has 1 aromatic heterocycles. The van der Waals surface area contributed by atoms with E-state index in [1.807, 2.05) is 13.0 Å². The van der Waals surface area contributed by atoms with E-state index in [2.05, 4.69) is 20.6 Å². The standard InChI is InChI=1S/C15H17Cl2N5O/c1-3-11(18)12-13(19-2)14(23)22-15(21-12)20-7-8-4-5-9(16)10(17)6-8/h4-6,18-19H,3,7H2,1-2H3,(H2,20,21,22,23). The van der Waals surface area contributed by atoms with E-state index >= 15 is 0 Å². The van der Waals surface area contributed by atoms with Crippen molar-refractivity contribution in [1.82, 2.24) is 9.97 Å². The van der Waals surface area contributed by atoms with Crippen LogP contribution in [0.4, 0.5) is 11.6 Å². The number of hydrogen-bond donors (Lipinski definition) is 4. The van der Waals surface area contributed by atoms with Gasteiger partial charge >= 0.3 is 0 Å². The number of benzene rings is 1. The molecule has 6 nitrogen and oxygen atoms in total. The zero-order valence-corrected chi connectivity index (χ0v) is 14.3. The molecule has 0 aliphatic rings. The summed E-state index contributed by atoms with van der Waals surface area (Å²) in [5.41, 5.74) is 1.49. The summed E-state index contributed by atoms with van der Waals surface area (Å²) in [6, 6.07) is 5.28. The van der Waals surface area contributed by atoms with Gasteiger partial charge in [-0.1, -0.05) is 36.2 Å². The highest BCUT2D eigenvalue weighted by atomic mass is 35.5. The Hall–Kier alpha value is -2.05. The van der Waals surface area contributed by atoms with Crippen molar-refractivity contribution in [2.24, 2.45) is 0 Å². The maximum Gasteiger partial charge on any atom is 0.276 e. The van der Waals surface area contributed by atoms with Crippen molar-refractivity contribution in [3.05, 3.63) is 49.9 Å². The fraction of sp³-hybridized carbons (Fsp3) is 0.267. The first kappa shape index (κ1) is 17.3. The molecule has 0 radical (unpaired) electrons. The fourth-order valence-electron chi connectivity index (χ4n) is 2.01. The van der Waals surface area contributed by atoms with Crippen LogP contribution < -0.4 is 16.2 Å². The molecule has 0 fully saturated rings. The molecule has 1 heterocycles. The number of anilines is 2. The first-order valence-electron chi connectivity index (χ1n) is 7.04. The molecule has 0 saturated heterocycles. The minimum absolute atomic E-state index is 0.289. The van der Waals surface area contributed by atoms with Crippen LogP contribution in [0.15, 0.2) is 23.0 Å². The van der Waals surface area contributed by atoms with E-state index in [4.69, 9.17) is 28.6 Å². The van der Waals surface area contributed by atoms with E-state index in [1.54, 1.807) is 19.2 Å². The molecule has 0 bridgehead atoms. The Kier molecular flexibility index (Phi) is 5.63. The van der Waals surface area contributed by atoms with Crippen LogP contribution in [0.5, 0.6) is 0 Å². The van der Waals surface area contributed by atoms with Gasteiger partial charge in [0.25, 0.3) is 5.56 Å². The molecule has 4 N–H and O–H groups in total. The lowest BCUT2D eigenvalue weighted by molar-refractivity contribution is 1.02. The van der Waals surface area contributed by atoms with E-state index in [1.165, 1.54) is 0 Å². The number of hydrogen-bond acceptors (Lipinski definition) is 5. The molecule has 0 saturated carbocycles. The SMILES string of the molecule is CCC(=N)c1nc(NCc2ccc(Cl)c(Cl)c2)[nH]c(=O)c1NC. The predicted molar refractivity (Wildman–Crippen MR) is 95.3 cm³/mol. The van der Waals surface area contributed by atoms with Gasteiger partial charge in [0, 0.05) is 13.6 Å². The van der Waals surface area contributed by atoms with E-state index in [-0.39, 0.29) is 17.0 Å². The smallest absolute Gasteiger partial charge is 0.276 e. The Morgan fingerprint density at radius 1 is 1.35 bits per heavy atom. The zero-order valence-electron chi connectivity index (χ0n) is 12.8. The van der Waals surface area contributed by atoms with Crippen molar-refractivity contribution in [1.29, 1.82) is 5.41 Å². The van der Waals surface area contributed by atoms with Crippen LogP contribution >= 0.6 is 23.2 Å². The lowest BCUT2D eigenvalue weighted by atomic mass is 10.2. The fourth-order valence-corrected chi connectivity index (χ4v) is 2.33. The van der Waals surface area contributed by atoms with Gasteiger partial charge in [-0.25, -0.2) is 4.98 Å². The molecule has 23 heavy (non-hydrogen) atoms. The second-order valence-electron chi connectivity index (χ2n) is 4.82. The van der Waals surface area contributed by atoms with Crippen molar-refractivity contribution < 1.29 is 0 Å². The van der Waals surface area contributed by atoms with Crippen LogP contribution in [0.1, 0.15) is 24.6 Å². The molecule has 2 rings (SSSR count). The molecule has 122 valence electrons. The van der Waals surface area contributed by atoms with Gasteiger partial charge in [-0.15, -0.1) is 0 Å². The first-order valence-corrected chi connectivity index (χ1v) is 7.79. The molecular formula is C15H17Cl2N5O. The average molecular weight is 354 g/mol. The van der Waals surface area contributed by atoms with Gasteiger partial charge in [0.2, 0.25) is 5.95 Å². The second-order valence-corrected chi connectivity index (χ2v) is 5.64. The van der Waals surface area contributed by atoms with Crippen molar-refractivity contribution >= 4 is 40.5 Å². The summed E-state index contributed by atoms with van der Waals surface area (Å²) in [4.78, 5) is 19.1. The number of rotatable bonds is 6. The topological polar surface area (TPSA) is 93.7 Å². The van der Waals surface area contributed by atoms with Gasteiger partial charge in [0.05, 0.1) is 15.8 Å². The summed E-state index contributed by atoms with van der Waals surface area (Å²) < 4.78 is 0. The third-order valence-electron chi connectivity index (χ3n) is 3.25. The molecule has 0 unspecified atom stereocenters. The van der Waals surface area contributed by atoms with E-state index < -0.39 is 0 Å². The molecule has 0 aliphatic carbocycles. The molecule has 0 aliphatic heterocycles. The van der Waals surface area contributed by atoms with E-state index in [0.717, 1.165) is 5.56 Å². The number of aromatic amines is 1. The van der Waals surface area contributed by atoms with Crippen LogP contribution in [-0.2, 0) is 6.54 Å². The Morgan fingerprint density at radius 3 is 2.70 bits per heavy atom. The van der Waals surface area contributed by atoms with Gasteiger partial charge in [0.1, 0.15) is 11.4 Å². The Bertz CT molecular complexity index is 788. The Morgan fingerprint density at radius 2 is 2.09 bits per heavy atom. The molecule has 0 spiro atoms. The van der Waals surface area contributed by atoms with E-state index in [0.29, 0.717) is 34.7 Å². The Labute approximate surface area is 143 Å². The number of halogens is 2. The minimum atomic E-state index is -0.327. The summed E-state index contributed by atoms with van der Waals surface area (Å²) in [6.45, 7) is 2.26. The largest absolute Gasteiger partial charge is 0.382 e. The monoisotopic (exact) mass is 353 g/mol. The van der Waals surface area contributed by atoms with Crippen LogP contribution in [0.25, 0.3) is 0 Å². The van der Waals surface area contributed by atoms with Crippen molar-refractivity contribution in [2.45, 2.75) is 19.9 Å². The third kappa shape index (κ3) is 4.03. The lowest BCUT2D eigenvalue weighted by Gasteiger charge is -2.11. The van der Waals surface area contributed by atoms with Crippen LogP contribution in [-0.4, -0.2) is 22.7 Å². The summed E-state index contributed by atoms with van der Waals surface area (Å²) in [5.74, 6) is 0.299. The molecular weight excluding hydrogens is 337 g/mol. The van der Waals surface area contributed by atoms with Gasteiger partial charge in [0.15, 0.2) is 0 Å². The molecule has 2 aromatic rings. The molecule has 1 aromatic carbocycles. The highest BCUT2D eigenvalue weighted by Gasteiger charge is 2.13. The van der Waals surface area contributed by atoms with Crippen LogP contribution in [0, 0.1) is 5.41 Å². The highest BCUT2D eigenvalue weighted by molar-refractivity contribution is 6.42. The number of nitrogens with zero attached hydrogens (tertiary/aromatic N) is 1. The highest BCUT2D eigenvalue weighted by Crippen LogP contribution is 2.23. The molecule has 0 amide bonds. The minimum Gasteiger partial charge on any atom is -0.382 e. The normalized spacial score (nSPS) is 10.4.